The lowest BCUT2D eigenvalue weighted by Gasteiger charge is -2.27. The molecule has 2 rings (SSSR count). The molecule has 80 valence electrons. The van der Waals surface area contributed by atoms with Gasteiger partial charge in [0.1, 0.15) is 0 Å². The average molecular weight is 205 g/mol. The van der Waals surface area contributed by atoms with Gasteiger partial charge in [-0.05, 0) is 18.4 Å². The Morgan fingerprint density at radius 2 is 2.13 bits per heavy atom. The molecule has 1 aromatic carbocycles. The third kappa shape index (κ3) is 1.27. The van der Waals surface area contributed by atoms with Crippen molar-refractivity contribution in [3.63, 3.8) is 0 Å². The molecule has 0 saturated heterocycles. The maximum absolute atomic E-state index is 11.8. The summed E-state index contributed by atoms with van der Waals surface area (Å²) in [5.74, 6) is -0.390. The third-order valence-corrected chi connectivity index (χ3v) is 3.26. The van der Waals surface area contributed by atoms with Gasteiger partial charge in [-0.2, -0.15) is 0 Å². The van der Waals surface area contributed by atoms with Crippen LogP contribution >= 0.6 is 0 Å². The Hall–Kier alpha value is -1.35. The van der Waals surface area contributed by atoms with Crippen LogP contribution in [0.2, 0.25) is 0 Å². The van der Waals surface area contributed by atoms with Gasteiger partial charge in [-0.15, -0.1) is 0 Å². The van der Waals surface area contributed by atoms with E-state index < -0.39 is 5.60 Å². The summed E-state index contributed by atoms with van der Waals surface area (Å²) in [6.45, 7) is 3.86. The molecule has 1 heterocycles. The Morgan fingerprint density at radius 3 is 2.80 bits per heavy atom. The van der Waals surface area contributed by atoms with Gasteiger partial charge in [0.15, 0.2) is 5.60 Å². The topological polar surface area (TPSA) is 49.3 Å². The molecule has 2 atom stereocenters. The summed E-state index contributed by atoms with van der Waals surface area (Å²) in [7, 11) is 0. The minimum absolute atomic E-state index is 0.0823. The zero-order valence-corrected chi connectivity index (χ0v) is 8.95. The smallest absolute Gasteiger partial charge is 0.261 e. The fourth-order valence-corrected chi connectivity index (χ4v) is 2.05. The molecule has 0 bridgehead atoms. The lowest BCUT2D eigenvalue weighted by Crippen LogP contribution is -2.40. The number of rotatable bonds is 2. The molecule has 0 aromatic heterocycles. The lowest BCUT2D eigenvalue weighted by atomic mass is 9.82. The van der Waals surface area contributed by atoms with E-state index in [0.717, 1.165) is 12.1 Å². The molecular formula is C12H15NO2. The van der Waals surface area contributed by atoms with Gasteiger partial charge in [-0.1, -0.05) is 32.0 Å². The zero-order chi connectivity index (χ0) is 11.1. The van der Waals surface area contributed by atoms with E-state index in [0.29, 0.717) is 5.56 Å². The van der Waals surface area contributed by atoms with Gasteiger partial charge in [0.2, 0.25) is 0 Å². The standard InChI is InChI=1S/C12H15NO2/c1-3-8(2)12(15)9-6-4-5-7-10(9)13-11(12)14/h4-8,15H,3H2,1-2H3,(H,13,14). The molecule has 1 aliphatic rings. The van der Waals surface area contributed by atoms with Gasteiger partial charge in [0.25, 0.3) is 5.91 Å². The third-order valence-electron chi connectivity index (χ3n) is 3.26. The maximum atomic E-state index is 11.8. The summed E-state index contributed by atoms with van der Waals surface area (Å²) in [6, 6.07) is 7.31. The molecule has 0 radical (unpaired) electrons. The Balaban J connectivity index is 2.54. The van der Waals surface area contributed by atoms with Gasteiger partial charge in [-0.3, -0.25) is 4.79 Å². The summed E-state index contributed by atoms with van der Waals surface area (Å²) in [5.41, 5.74) is 0.0698. The molecule has 0 fully saturated rings. The number of carbonyl (C=O) groups excluding carboxylic acids is 1. The van der Waals surface area contributed by atoms with Crippen LogP contribution in [0, 0.1) is 5.92 Å². The number of para-hydroxylation sites is 1. The fraction of sp³-hybridized carbons (Fsp3) is 0.417. The minimum atomic E-state index is -1.36. The van der Waals surface area contributed by atoms with E-state index in [1.165, 1.54) is 0 Å². The molecule has 2 N–H and O–H groups in total. The molecule has 3 nitrogen and oxygen atoms in total. The number of anilines is 1. The van der Waals surface area contributed by atoms with Crippen molar-refractivity contribution in [2.24, 2.45) is 5.92 Å². The van der Waals surface area contributed by atoms with Crippen LogP contribution in [0.3, 0.4) is 0 Å². The van der Waals surface area contributed by atoms with Crippen molar-refractivity contribution in [2.45, 2.75) is 25.9 Å². The maximum Gasteiger partial charge on any atom is 0.261 e. The van der Waals surface area contributed by atoms with E-state index in [2.05, 4.69) is 5.32 Å². The van der Waals surface area contributed by atoms with E-state index in [9.17, 15) is 9.90 Å². The molecule has 0 aliphatic carbocycles. The molecular weight excluding hydrogens is 190 g/mol. The first-order valence-corrected chi connectivity index (χ1v) is 5.24. The Kier molecular flexibility index (Phi) is 2.27. The molecule has 0 spiro atoms. The van der Waals surface area contributed by atoms with E-state index in [1.807, 2.05) is 32.0 Å². The monoisotopic (exact) mass is 205 g/mol. The van der Waals surface area contributed by atoms with Crippen LogP contribution in [0.1, 0.15) is 25.8 Å². The van der Waals surface area contributed by atoms with Gasteiger partial charge in [0.05, 0.1) is 0 Å². The SMILES string of the molecule is CCC(C)C1(O)C(=O)Nc2ccccc21. The lowest BCUT2D eigenvalue weighted by molar-refractivity contribution is -0.139. The molecule has 1 aliphatic heterocycles. The number of aliphatic hydroxyl groups is 1. The first kappa shape index (κ1) is 10.2. The van der Waals surface area contributed by atoms with Crippen LogP contribution in [0.5, 0.6) is 0 Å². The Bertz CT molecular complexity index is 402. The zero-order valence-electron chi connectivity index (χ0n) is 8.95. The van der Waals surface area contributed by atoms with Crippen LogP contribution in [0.4, 0.5) is 5.69 Å². The van der Waals surface area contributed by atoms with Gasteiger partial charge >= 0.3 is 0 Å². The van der Waals surface area contributed by atoms with Gasteiger partial charge in [0, 0.05) is 11.3 Å². The first-order valence-electron chi connectivity index (χ1n) is 5.24. The van der Waals surface area contributed by atoms with Crippen molar-refractivity contribution in [1.29, 1.82) is 0 Å². The minimum Gasteiger partial charge on any atom is -0.375 e. The number of amides is 1. The number of hydrogen-bond donors (Lipinski definition) is 2. The first-order chi connectivity index (χ1) is 7.10. The van der Waals surface area contributed by atoms with Crippen LogP contribution in [-0.4, -0.2) is 11.0 Å². The highest BCUT2D eigenvalue weighted by Crippen LogP contribution is 2.41. The number of nitrogens with one attached hydrogen (secondary N) is 1. The van der Waals surface area contributed by atoms with Crippen LogP contribution in [-0.2, 0) is 10.4 Å². The highest BCUT2D eigenvalue weighted by molar-refractivity contribution is 6.05. The summed E-state index contributed by atoms with van der Waals surface area (Å²) < 4.78 is 0. The van der Waals surface area contributed by atoms with Crippen molar-refractivity contribution in [3.05, 3.63) is 29.8 Å². The van der Waals surface area contributed by atoms with Crippen molar-refractivity contribution in [2.75, 3.05) is 5.32 Å². The van der Waals surface area contributed by atoms with Crippen LogP contribution in [0.15, 0.2) is 24.3 Å². The number of benzene rings is 1. The molecule has 1 amide bonds. The molecule has 0 saturated carbocycles. The predicted octanol–water partition coefficient (Wildman–Crippen LogP) is 1.87. The fourth-order valence-electron chi connectivity index (χ4n) is 2.05. The van der Waals surface area contributed by atoms with Crippen LogP contribution in [0.25, 0.3) is 0 Å². The van der Waals surface area contributed by atoms with Crippen molar-refractivity contribution >= 4 is 11.6 Å². The van der Waals surface area contributed by atoms with E-state index in [1.54, 1.807) is 6.07 Å². The van der Waals surface area contributed by atoms with Gasteiger partial charge < -0.3 is 10.4 Å². The highest BCUT2D eigenvalue weighted by atomic mass is 16.3. The number of hydrogen-bond acceptors (Lipinski definition) is 2. The largest absolute Gasteiger partial charge is 0.375 e. The van der Waals surface area contributed by atoms with E-state index in [4.69, 9.17) is 0 Å². The molecule has 1 aromatic rings. The quantitative estimate of drug-likeness (QED) is 0.774. The van der Waals surface area contributed by atoms with Crippen molar-refractivity contribution in [1.82, 2.24) is 0 Å². The van der Waals surface area contributed by atoms with E-state index in [-0.39, 0.29) is 11.8 Å². The van der Waals surface area contributed by atoms with E-state index >= 15 is 0 Å². The molecule has 15 heavy (non-hydrogen) atoms. The summed E-state index contributed by atoms with van der Waals surface area (Å²) in [5, 5.41) is 13.2. The second-order valence-electron chi connectivity index (χ2n) is 4.08. The highest BCUT2D eigenvalue weighted by Gasteiger charge is 2.48. The molecule has 2 unspecified atom stereocenters. The predicted molar refractivity (Wildman–Crippen MR) is 58.4 cm³/mol. The molecule has 3 heteroatoms. The van der Waals surface area contributed by atoms with Crippen molar-refractivity contribution in [3.8, 4) is 0 Å². The second-order valence-corrected chi connectivity index (χ2v) is 4.08. The second kappa shape index (κ2) is 3.35. The Morgan fingerprint density at radius 1 is 1.47 bits per heavy atom. The summed E-state index contributed by atoms with van der Waals surface area (Å²) in [4.78, 5) is 11.8. The number of carbonyl (C=O) groups is 1. The summed E-state index contributed by atoms with van der Waals surface area (Å²) in [6.07, 6.45) is 0.762. The average Bonchev–Trinajstić information content (AvgIpc) is 2.52. The summed E-state index contributed by atoms with van der Waals surface area (Å²) >= 11 is 0. The number of fused-ring (bicyclic) bond motifs is 1. The normalized spacial score (nSPS) is 25.9. The Labute approximate surface area is 89.1 Å². The van der Waals surface area contributed by atoms with Gasteiger partial charge in [-0.25, -0.2) is 0 Å². The van der Waals surface area contributed by atoms with Crippen LogP contribution < -0.4 is 5.32 Å². The van der Waals surface area contributed by atoms with Crippen molar-refractivity contribution < 1.29 is 9.90 Å².